The minimum atomic E-state index is -0.347. The van der Waals surface area contributed by atoms with Crippen LogP contribution in [-0.4, -0.2) is 18.3 Å². The van der Waals surface area contributed by atoms with Gasteiger partial charge in [-0.15, -0.1) is 11.6 Å². The number of halogens is 3. The van der Waals surface area contributed by atoms with E-state index in [1.54, 1.807) is 11.0 Å². The summed E-state index contributed by atoms with van der Waals surface area (Å²) in [6.07, 6.45) is 0.437. The zero-order valence-electron chi connectivity index (χ0n) is 8.42. The molecule has 0 N–H and O–H groups in total. The number of benzene rings is 1. The van der Waals surface area contributed by atoms with Crippen molar-refractivity contribution in [1.82, 2.24) is 0 Å². The van der Waals surface area contributed by atoms with E-state index in [2.05, 4.69) is 15.9 Å². The number of nitrogens with zero attached hydrogens (tertiary/aromatic N) is 1. The van der Waals surface area contributed by atoms with Gasteiger partial charge in [0, 0.05) is 23.3 Å². The summed E-state index contributed by atoms with van der Waals surface area (Å²) in [6, 6.07) is 4.32. The van der Waals surface area contributed by atoms with Crippen molar-refractivity contribution in [2.24, 2.45) is 5.92 Å². The Hall–Kier alpha value is -0.610. The summed E-state index contributed by atoms with van der Waals surface area (Å²) < 4.78 is 13.8. The van der Waals surface area contributed by atoms with Crippen LogP contribution in [0.1, 0.15) is 6.42 Å². The van der Waals surface area contributed by atoms with Gasteiger partial charge in [0.05, 0.1) is 5.69 Å². The Morgan fingerprint density at radius 1 is 1.56 bits per heavy atom. The zero-order chi connectivity index (χ0) is 11.7. The van der Waals surface area contributed by atoms with E-state index in [9.17, 15) is 9.18 Å². The molecule has 1 saturated heterocycles. The van der Waals surface area contributed by atoms with Gasteiger partial charge in [0.25, 0.3) is 0 Å². The molecule has 2 nitrogen and oxygen atoms in total. The molecular weight excluding hydrogens is 296 g/mol. The molecule has 0 aliphatic carbocycles. The number of carbonyl (C=O) groups excluding carboxylic acids is 1. The average Bonchev–Trinajstić information content (AvgIpc) is 2.63. The van der Waals surface area contributed by atoms with Crippen LogP contribution < -0.4 is 4.90 Å². The topological polar surface area (TPSA) is 20.3 Å². The highest BCUT2D eigenvalue weighted by Crippen LogP contribution is 2.32. The minimum absolute atomic E-state index is 0.00282. The molecule has 0 bridgehead atoms. The fourth-order valence-electron chi connectivity index (χ4n) is 1.81. The standard InChI is InChI=1S/C11H10BrClFNO/c12-9-2-1-8(14)4-10(9)15-6-7(5-13)3-11(15)16/h1-2,4,7H,3,5-6H2. The highest BCUT2D eigenvalue weighted by Gasteiger charge is 2.31. The molecule has 1 fully saturated rings. The van der Waals surface area contributed by atoms with Gasteiger partial charge >= 0.3 is 0 Å². The smallest absolute Gasteiger partial charge is 0.227 e. The molecule has 1 amide bonds. The van der Waals surface area contributed by atoms with E-state index in [1.165, 1.54) is 12.1 Å². The molecule has 16 heavy (non-hydrogen) atoms. The SMILES string of the molecule is O=C1CC(CCl)CN1c1cc(F)ccc1Br. The van der Waals surface area contributed by atoms with Gasteiger partial charge in [0.2, 0.25) is 5.91 Å². The predicted octanol–water partition coefficient (Wildman–Crippen LogP) is 3.18. The van der Waals surface area contributed by atoms with Crippen LogP contribution in [-0.2, 0) is 4.79 Å². The van der Waals surface area contributed by atoms with Crippen LogP contribution in [0.25, 0.3) is 0 Å². The molecule has 1 aliphatic heterocycles. The van der Waals surface area contributed by atoms with Crippen LogP contribution in [0.2, 0.25) is 0 Å². The van der Waals surface area contributed by atoms with Gasteiger partial charge in [-0.05, 0) is 40.0 Å². The van der Waals surface area contributed by atoms with Crippen LogP contribution in [0, 0.1) is 11.7 Å². The number of hydrogen-bond acceptors (Lipinski definition) is 1. The van der Waals surface area contributed by atoms with Gasteiger partial charge in [0.1, 0.15) is 5.82 Å². The maximum Gasteiger partial charge on any atom is 0.227 e. The van der Waals surface area contributed by atoms with Crippen LogP contribution >= 0.6 is 27.5 Å². The summed E-state index contributed by atoms with van der Waals surface area (Å²) in [5.74, 6) is 0.261. The first-order chi connectivity index (χ1) is 7.61. The second kappa shape index (κ2) is 4.72. The summed E-state index contributed by atoms with van der Waals surface area (Å²) in [5.41, 5.74) is 0.581. The first-order valence-corrected chi connectivity index (χ1v) is 6.26. The summed E-state index contributed by atoms with van der Waals surface area (Å²) >= 11 is 9.05. The van der Waals surface area contributed by atoms with Crippen LogP contribution in [0.15, 0.2) is 22.7 Å². The number of hydrogen-bond donors (Lipinski definition) is 0. The number of alkyl halides is 1. The van der Waals surface area contributed by atoms with Gasteiger partial charge in [-0.25, -0.2) is 4.39 Å². The molecule has 1 aromatic rings. The van der Waals surface area contributed by atoms with Crippen molar-refractivity contribution >= 4 is 39.1 Å². The third-order valence-electron chi connectivity index (χ3n) is 2.62. The first-order valence-electron chi connectivity index (χ1n) is 4.93. The Morgan fingerprint density at radius 2 is 2.31 bits per heavy atom. The molecule has 1 unspecified atom stereocenters. The normalized spacial score (nSPS) is 20.6. The lowest BCUT2D eigenvalue weighted by Gasteiger charge is -2.18. The Kier molecular flexibility index (Phi) is 3.50. The molecule has 2 rings (SSSR count). The summed E-state index contributed by atoms with van der Waals surface area (Å²) in [4.78, 5) is 13.3. The van der Waals surface area contributed by atoms with Crippen molar-refractivity contribution in [3.8, 4) is 0 Å². The van der Waals surface area contributed by atoms with Crippen LogP contribution in [0.3, 0.4) is 0 Å². The minimum Gasteiger partial charge on any atom is -0.311 e. The van der Waals surface area contributed by atoms with Crippen molar-refractivity contribution in [3.63, 3.8) is 0 Å². The van der Waals surface area contributed by atoms with Crippen molar-refractivity contribution in [1.29, 1.82) is 0 Å². The van der Waals surface area contributed by atoms with Crippen LogP contribution in [0.5, 0.6) is 0 Å². The number of carbonyl (C=O) groups is 1. The number of rotatable bonds is 2. The zero-order valence-corrected chi connectivity index (χ0v) is 10.8. The quantitative estimate of drug-likeness (QED) is 0.769. The number of anilines is 1. The molecule has 0 radical (unpaired) electrons. The van der Waals surface area contributed by atoms with Crippen molar-refractivity contribution in [2.75, 3.05) is 17.3 Å². The summed E-state index contributed by atoms with van der Waals surface area (Å²) in [5, 5.41) is 0. The number of amides is 1. The van der Waals surface area contributed by atoms with E-state index in [1.807, 2.05) is 0 Å². The fraction of sp³-hybridized carbons (Fsp3) is 0.364. The molecule has 86 valence electrons. The van der Waals surface area contributed by atoms with E-state index in [0.717, 1.165) is 4.47 Å². The molecule has 0 saturated carbocycles. The Balaban J connectivity index is 2.30. The van der Waals surface area contributed by atoms with Crippen molar-refractivity contribution < 1.29 is 9.18 Å². The van der Waals surface area contributed by atoms with E-state index in [4.69, 9.17) is 11.6 Å². The van der Waals surface area contributed by atoms with Gasteiger partial charge in [-0.1, -0.05) is 0 Å². The molecule has 1 heterocycles. The Bertz CT molecular complexity index is 426. The lowest BCUT2D eigenvalue weighted by atomic mass is 10.1. The second-order valence-corrected chi connectivity index (χ2v) is 4.99. The van der Waals surface area contributed by atoms with E-state index < -0.39 is 0 Å². The van der Waals surface area contributed by atoms with E-state index >= 15 is 0 Å². The maximum absolute atomic E-state index is 13.1. The van der Waals surface area contributed by atoms with Gasteiger partial charge in [-0.3, -0.25) is 4.79 Å². The highest BCUT2D eigenvalue weighted by atomic mass is 79.9. The van der Waals surface area contributed by atoms with E-state index in [-0.39, 0.29) is 17.6 Å². The lowest BCUT2D eigenvalue weighted by Crippen LogP contribution is -2.25. The lowest BCUT2D eigenvalue weighted by molar-refractivity contribution is -0.117. The third-order valence-corrected chi connectivity index (χ3v) is 3.73. The van der Waals surface area contributed by atoms with Crippen LogP contribution in [0.4, 0.5) is 10.1 Å². The highest BCUT2D eigenvalue weighted by molar-refractivity contribution is 9.10. The molecular formula is C11H10BrClFNO. The molecule has 1 atom stereocenters. The molecule has 5 heteroatoms. The summed E-state index contributed by atoms with van der Waals surface area (Å²) in [7, 11) is 0. The average molecular weight is 307 g/mol. The summed E-state index contributed by atoms with van der Waals surface area (Å²) in [6.45, 7) is 0.560. The van der Waals surface area contributed by atoms with Gasteiger partial charge in [-0.2, -0.15) is 0 Å². The molecule has 0 spiro atoms. The molecule has 0 aromatic heterocycles. The second-order valence-electron chi connectivity index (χ2n) is 3.82. The predicted molar refractivity (Wildman–Crippen MR) is 65.3 cm³/mol. The Morgan fingerprint density at radius 3 is 2.94 bits per heavy atom. The molecule has 1 aliphatic rings. The third kappa shape index (κ3) is 2.23. The molecule has 1 aromatic carbocycles. The van der Waals surface area contributed by atoms with Gasteiger partial charge in [0.15, 0.2) is 0 Å². The van der Waals surface area contributed by atoms with Crippen molar-refractivity contribution in [3.05, 3.63) is 28.5 Å². The monoisotopic (exact) mass is 305 g/mol. The van der Waals surface area contributed by atoms with E-state index in [0.29, 0.717) is 24.5 Å². The Labute approximate surface area is 107 Å². The first kappa shape index (κ1) is 11.9. The largest absolute Gasteiger partial charge is 0.311 e. The fourth-order valence-corrected chi connectivity index (χ4v) is 2.48. The van der Waals surface area contributed by atoms with Crippen molar-refractivity contribution in [2.45, 2.75) is 6.42 Å². The van der Waals surface area contributed by atoms with Gasteiger partial charge < -0.3 is 4.90 Å². The maximum atomic E-state index is 13.1.